The summed E-state index contributed by atoms with van der Waals surface area (Å²) in [5, 5.41) is 0.447. The van der Waals surface area contributed by atoms with E-state index in [0.717, 1.165) is 25.9 Å². The van der Waals surface area contributed by atoms with Gasteiger partial charge in [-0.3, -0.25) is 9.69 Å². The minimum absolute atomic E-state index is 0.169. The number of rotatable bonds is 6. The van der Waals surface area contributed by atoms with Crippen LogP contribution in [0.15, 0.2) is 4.79 Å². The molecule has 4 heterocycles. The lowest BCUT2D eigenvalue weighted by atomic mass is 10.0. The van der Waals surface area contributed by atoms with Gasteiger partial charge in [0.25, 0.3) is 5.56 Å². The molecule has 0 bridgehead atoms. The number of aromatic amines is 1. The van der Waals surface area contributed by atoms with Crippen molar-refractivity contribution in [2.75, 3.05) is 46.6 Å². The van der Waals surface area contributed by atoms with Gasteiger partial charge in [0, 0.05) is 33.0 Å². The molecule has 158 valence electrons. The number of carbonyl (C=O) groups is 1. The molecule has 2 aliphatic rings. The molecule has 1 N–H and O–H groups in total. The topological polar surface area (TPSA) is 103 Å². The van der Waals surface area contributed by atoms with E-state index >= 15 is 0 Å². The van der Waals surface area contributed by atoms with Crippen LogP contribution in [0.1, 0.15) is 33.9 Å². The van der Waals surface area contributed by atoms with E-state index in [1.54, 1.807) is 14.0 Å². The van der Waals surface area contributed by atoms with Gasteiger partial charge >= 0.3 is 5.97 Å². The fourth-order valence-corrected chi connectivity index (χ4v) is 4.89. The Bertz CT molecular complexity index is 939. The smallest absolute Gasteiger partial charge is 0.348 e. The number of aryl methyl sites for hydroxylation is 1. The van der Waals surface area contributed by atoms with E-state index < -0.39 is 11.8 Å². The second-order valence-corrected chi connectivity index (χ2v) is 8.26. The van der Waals surface area contributed by atoms with Crippen LogP contribution in [0.5, 0.6) is 0 Å². The molecule has 0 unspecified atom stereocenters. The maximum absolute atomic E-state index is 12.6. The molecule has 2 aromatic rings. The van der Waals surface area contributed by atoms with Crippen molar-refractivity contribution in [1.82, 2.24) is 14.9 Å². The van der Waals surface area contributed by atoms with Crippen molar-refractivity contribution in [3.8, 4) is 0 Å². The molecule has 0 amide bonds. The largest absolute Gasteiger partial charge is 0.459 e. The zero-order valence-corrected chi connectivity index (χ0v) is 17.4. The Kier molecular flexibility index (Phi) is 5.98. The highest BCUT2D eigenvalue weighted by molar-refractivity contribution is 7.20. The van der Waals surface area contributed by atoms with Crippen LogP contribution in [0.3, 0.4) is 0 Å². The average molecular weight is 423 g/mol. The van der Waals surface area contributed by atoms with Crippen LogP contribution < -0.4 is 5.56 Å². The summed E-state index contributed by atoms with van der Waals surface area (Å²) in [6.45, 7) is 5.69. The van der Waals surface area contributed by atoms with Gasteiger partial charge in [-0.1, -0.05) is 0 Å². The number of H-pyrrole nitrogens is 1. The molecule has 1 spiro atoms. The molecule has 4 rings (SSSR count). The van der Waals surface area contributed by atoms with Gasteiger partial charge in [-0.2, -0.15) is 0 Å². The number of hydrogen-bond acceptors (Lipinski definition) is 9. The van der Waals surface area contributed by atoms with E-state index in [9.17, 15) is 9.59 Å². The fourth-order valence-electron chi connectivity index (χ4n) is 3.79. The molecule has 2 aromatic heterocycles. The van der Waals surface area contributed by atoms with Crippen LogP contribution in [-0.2, 0) is 25.5 Å². The lowest BCUT2D eigenvalue weighted by Gasteiger charge is -2.37. The second kappa shape index (κ2) is 8.49. The predicted molar refractivity (Wildman–Crippen MR) is 106 cm³/mol. The molecule has 0 aliphatic carbocycles. The summed E-state index contributed by atoms with van der Waals surface area (Å²) < 4.78 is 21.6. The Morgan fingerprint density at radius 1 is 1.28 bits per heavy atom. The Labute approximate surface area is 171 Å². The van der Waals surface area contributed by atoms with Crippen molar-refractivity contribution >= 4 is 27.5 Å². The quantitative estimate of drug-likeness (QED) is 0.550. The Morgan fingerprint density at radius 2 is 2.00 bits per heavy atom. The Hall–Kier alpha value is -1.85. The number of aromatic nitrogens is 2. The molecule has 2 aliphatic heterocycles. The van der Waals surface area contributed by atoms with Crippen LogP contribution in [0.4, 0.5) is 0 Å². The monoisotopic (exact) mass is 423 g/mol. The van der Waals surface area contributed by atoms with Crippen molar-refractivity contribution in [2.45, 2.75) is 32.1 Å². The molecule has 0 radical (unpaired) electrons. The summed E-state index contributed by atoms with van der Waals surface area (Å²) in [7, 11) is 1.54. The predicted octanol–water partition coefficient (Wildman–Crippen LogP) is 1.44. The average Bonchev–Trinajstić information content (AvgIpc) is 3.29. The highest BCUT2D eigenvalue weighted by Gasteiger charge is 2.39. The van der Waals surface area contributed by atoms with Gasteiger partial charge in [0.2, 0.25) is 0 Å². The summed E-state index contributed by atoms with van der Waals surface area (Å²) in [6, 6.07) is 0. The first-order valence-electron chi connectivity index (χ1n) is 9.70. The van der Waals surface area contributed by atoms with Crippen LogP contribution in [-0.4, -0.2) is 73.3 Å². The minimum atomic E-state index is -0.457. The van der Waals surface area contributed by atoms with Gasteiger partial charge in [-0.15, -0.1) is 11.3 Å². The highest BCUT2D eigenvalue weighted by atomic mass is 32.1. The van der Waals surface area contributed by atoms with Crippen LogP contribution >= 0.6 is 11.3 Å². The number of thiophene rings is 1. The molecular weight excluding hydrogens is 398 g/mol. The van der Waals surface area contributed by atoms with E-state index in [4.69, 9.17) is 18.9 Å². The van der Waals surface area contributed by atoms with Crippen molar-refractivity contribution < 1.29 is 23.7 Å². The zero-order chi connectivity index (χ0) is 20.4. The minimum Gasteiger partial charge on any atom is -0.459 e. The Balaban J connectivity index is 1.48. The maximum atomic E-state index is 12.6. The zero-order valence-electron chi connectivity index (χ0n) is 16.6. The number of piperidine rings is 1. The molecule has 9 nitrogen and oxygen atoms in total. The van der Waals surface area contributed by atoms with Gasteiger partial charge in [-0.25, -0.2) is 9.78 Å². The third-order valence-corrected chi connectivity index (χ3v) is 6.53. The lowest BCUT2D eigenvalue weighted by molar-refractivity contribution is -0.185. The number of hydrogen-bond donors (Lipinski definition) is 1. The molecule has 2 fully saturated rings. The van der Waals surface area contributed by atoms with Gasteiger partial charge in [0.15, 0.2) is 5.79 Å². The third kappa shape index (κ3) is 4.22. The molecule has 29 heavy (non-hydrogen) atoms. The first kappa shape index (κ1) is 20.4. The van der Waals surface area contributed by atoms with E-state index in [2.05, 4.69) is 14.9 Å². The van der Waals surface area contributed by atoms with E-state index in [1.807, 2.05) is 0 Å². The number of likely N-dealkylation sites (tertiary alicyclic amines) is 1. The van der Waals surface area contributed by atoms with Crippen molar-refractivity contribution in [3.63, 3.8) is 0 Å². The summed E-state index contributed by atoms with van der Waals surface area (Å²) in [6.07, 6.45) is 1.60. The van der Waals surface area contributed by atoms with Gasteiger partial charge in [0.1, 0.15) is 22.1 Å². The first-order valence-corrected chi connectivity index (χ1v) is 10.5. The van der Waals surface area contributed by atoms with Crippen molar-refractivity contribution in [1.29, 1.82) is 0 Å². The summed E-state index contributed by atoms with van der Waals surface area (Å²) in [5.41, 5.74) is 0.369. The molecular formula is C19H25N3O6S. The molecule has 0 aromatic carbocycles. The van der Waals surface area contributed by atoms with Gasteiger partial charge < -0.3 is 23.9 Å². The van der Waals surface area contributed by atoms with Gasteiger partial charge in [-0.05, 0) is 12.5 Å². The summed E-state index contributed by atoms with van der Waals surface area (Å²) in [4.78, 5) is 35.6. The fraction of sp³-hybridized carbons (Fsp3) is 0.632. The highest BCUT2D eigenvalue weighted by Crippen LogP contribution is 2.32. The third-order valence-electron chi connectivity index (χ3n) is 5.36. The number of methoxy groups -OCH3 is 1. The van der Waals surface area contributed by atoms with E-state index in [0.29, 0.717) is 52.8 Å². The number of nitrogens with zero attached hydrogens (tertiary/aromatic N) is 2. The van der Waals surface area contributed by atoms with Crippen LogP contribution in [0.25, 0.3) is 10.2 Å². The van der Waals surface area contributed by atoms with Gasteiger partial charge in [0.05, 0.1) is 31.8 Å². The summed E-state index contributed by atoms with van der Waals surface area (Å²) >= 11 is 1.19. The normalized spacial score (nSPS) is 19.2. The van der Waals surface area contributed by atoms with Crippen LogP contribution in [0, 0.1) is 6.92 Å². The molecule has 10 heteroatoms. The second-order valence-electron chi connectivity index (χ2n) is 7.26. The van der Waals surface area contributed by atoms with E-state index in [-0.39, 0.29) is 12.2 Å². The number of carbonyl (C=O) groups excluding carboxylic acids is 1. The van der Waals surface area contributed by atoms with Crippen molar-refractivity contribution in [2.24, 2.45) is 0 Å². The standard InChI is InChI=1S/C19H25N3O6S/c1-12-14-16(23)20-13(11-22-5-3-19(4-6-22)27-9-10-28-19)21-17(14)29-15(12)18(24)26-8-7-25-2/h3-11H2,1-2H3,(H,20,21,23). The SMILES string of the molecule is COCCOC(=O)c1sc2nc(CN3CCC4(CC3)OCCO4)[nH]c(=O)c2c1C. The number of fused-ring (bicyclic) bond motifs is 1. The first-order chi connectivity index (χ1) is 14.0. The maximum Gasteiger partial charge on any atom is 0.348 e. The number of nitrogens with one attached hydrogen (secondary N) is 1. The number of ether oxygens (including phenoxy) is 4. The van der Waals surface area contributed by atoms with E-state index in [1.165, 1.54) is 11.3 Å². The lowest BCUT2D eigenvalue weighted by Crippen LogP contribution is -2.45. The molecule has 0 atom stereocenters. The Morgan fingerprint density at radius 3 is 2.69 bits per heavy atom. The van der Waals surface area contributed by atoms with Crippen molar-refractivity contribution in [3.05, 3.63) is 26.6 Å². The molecule has 2 saturated heterocycles. The summed E-state index contributed by atoms with van der Waals surface area (Å²) in [5.74, 6) is -0.293. The molecule has 0 saturated carbocycles. The van der Waals surface area contributed by atoms with Crippen LogP contribution in [0.2, 0.25) is 0 Å². The number of esters is 1.